The first kappa shape index (κ1) is 14.9. The lowest BCUT2D eigenvalue weighted by Gasteiger charge is -2.23. The number of hydrogen-bond donors (Lipinski definition) is 0. The third kappa shape index (κ3) is 2.80. The van der Waals surface area contributed by atoms with Crippen LogP contribution in [-0.4, -0.2) is 36.3 Å². The summed E-state index contributed by atoms with van der Waals surface area (Å²) in [5, 5.41) is 0.539. The van der Waals surface area contributed by atoms with Gasteiger partial charge in [0.15, 0.2) is 0 Å². The molecule has 1 aliphatic rings. The van der Waals surface area contributed by atoms with Crippen molar-refractivity contribution in [3.8, 4) is 0 Å². The Hall–Kier alpha value is -1.55. The van der Waals surface area contributed by atoms with Crippen LogP contribution < -0.4 is 4.90 Å². The van der Waals surface area contributed by atoms with Crippen LogP contribution >= 0.6 is 11.6 Å². The van der Waals surface area contributed by atoms with Gasteiger partial charge in [0, 0.05) is 26.1 Å². The van der Waals surface area contributed by atoms with Crippen molar-refractivity contribution in [1.29, 1.82) is 0 Å². The molecular weight excluding hydrogens is 276 g/mol. The Bertz CT molecular complexity index is 514. The van der Waals surface area contributed by atoms with E-state index in [1.54, 1.807) is 15.9 Å². The van der Waals surface area contributed by atoms with Gasteiger partial charge in [0.05, 0.1) is 16.6 Å². The molecule has 20 heavy (non-hydrogen) atoms. The molecule has 0 aromatic heterocycles. The number of carbonyl (C=O) groups is 2. The summed E-state index contributed by atoms with van der Waals surface area (Å²) in [4.78, 5) is 27.9. The lowest BCUT2D eigenvalue weighted by molar-refractivity contribution is -0.135. The summed E-state index contributed by atoms with van der Waals surface area (Å²) in [5.74, 6) is -0.250. The van der Waals surface area contributed by atoms with Crippen LogP contribution in [0.1, 0.15) is 20.3 Å². The fourth-order valence-corrected chi connectivity index (χ4v) is 2.81. The summed E-state index contributed by atoms with van der Waals surface area (Å²) in [5.41, 5.74) is 0.689. The number of nitrogens with zero attached hydrogens (tertiary/aromatic N) is 2. The van der Waals surface area contributed by atoms with Gasteiger partial charge in [0.1, 0.15) is 0 Å². The molecular formula is C15H19ClN2O2. The van der Waals surface area contributed by atoms with Crippen molar-refractivity contribution < 1.29 is 9.59 Å². The predicted octanol–water partition coefficient (Wildman–Crippen LogP) is 2.56. The van der Waals surface area contributed by atoms with Crippen molar-refractivity contribution >= 4 is 29.1 Å². The summed E-state index contributed by atoms with van der Waals surface area (Å²) in [6, 6.07) is 7.23. The van der Waals surface area contributed by atoms with Crippen molar-refractivity contribution in [2.45, 2.75) is 20.3 Å². The van der Waals surface area contributed by atoms with Crippen LogP contribution in [0.3, 0.4) is 0 Å². The van der Waals surface area contributed by atoms with Crippen molar-refractivity contribution in [2.24, 2.45) is 5.92 Å². The monoisotopic (exact) mass is 294 g/mol. The van der Waals surface area contributed by atoms with E-state index in [-0.39, 0.29) is 24.2 Å². The van der Waals surface area contributed by atoms with Crippen LogP contribution in [0.2, 0.25) is 5.02 Å². The number of para-hydroxylation sites is 1. The summed E-state index contributed by atoms with van der Waals surface area (Å²) < 4.78 is 0. The third-order valence-electron chi connectivity index (χ3n) is 3.69. The average molecular weight is 295 g/mol. The molecule has 4 nitrogen and oxygen atoms in total. The smallest absolute Gasteiger partial charge is 0.227 e. The first-order valence-corrected chi connectivity index (χ1v) is 7.29. The van der Waals surface area contributed by atoms with Gasteiger partial charge in [-0.3, -0.25) is 9.59 Å². The molecule has 2 amide bonds. The number of carbonyl (C=O) groups excluding carboxylic acids is 2. The van der Waals surface area contributed by atoms with Gasteiger partial charge < -0.3 is 9.80 Å². The lowest BCUT2D eigenvalue weighted by Crippen LogP contribution is -2.37. The minimum absolute atomic E-state index is 0.0383. The Kier molecular flexibility index (Phi) is 4.65. The van der Waals surface area contributed by atoms with Crippen LogP contribution in [0.5, 0.6) is 0 Å². The lowest BCUT2D eigenvalue weighted by atomic mass is 10.1. The number of hydrogen-bond acceptors (Lipinski definition) is 2. The minimum Gasteiger partial charge on any atom is -0.343 e. The molecule has 1 unspecified atom stereocenters. The number of benzene rings is 1. The van der Waals surface area contributed by atoms with E-state index in [1.165, 1.54) is 0 Å². The van der Waals surface area contributed by atoms with Gasteiger partial charge in [-0.2, -0.15) is 0 Å². The van der Waals surface area contributed by atoms with E-state index in [0.29, 0.717) is 30.3 Å². The van der Waals surface area contributed by atoms with Gasteiger partial charge in [0.2, 0.25) is 11.8 Å². The summed E-state index contributed by atoms with van der Waals surface area (Å²) in [7, 11) is 0. The highest BCUT2D eigenvalue weighted by Crippen LogP contribution is 2.31. The Labute approximate surface area is 124 Å². The quantitative estimate of drug-likeness (QED) is 0.856. The maximum absolute atomic E-state index is 12.3. The second-order valence-electron chi connectivity index (χ2n) is 4.87. The van der Waals surface area contributed by atoms with Crippen LogP contribution in [0.25, 0.3) is 0 Å². The highest BCUT2D eigenvalue weighted by Gasteiger charge is 2.37. The fourth-order valence-electron chi connectivity index (χ4n) is 2.57. The standard InChI is InChI=1S/C15H19ClN2O2/c1-3-17(4-2)15(20)11-9-14(19)18(10-11)13-8-6-5-7-12(13)16/h5-8,11H,3-4,9-10H2,1-2H3. The number of amides is 2. The third-order valence-corrected chi connectivity index (χ3v) is 4.01. The molecule has 1 aromatic carbocycles. The van der Waals surface area contributed by atoms with Crippen LogP contribution in [0.15, 0.2) is 24.3 Å². The van der Waals surface area contributed by atoms with Gasteiger partial charge in [-0.15, -0.1) is 0 Å². The van der Waals surface area contributed by atoms with E-state index in [4.69, 9.17) is 11.6 Å². The Morgan fingerprint density at radius 3 is 2.60 bits per heavy atom. The second-order valence-corrected chi connectivity index (χ2v) is 5.27. The summed E-state index contributed by atoms with van der Waals surface area (Å²) in [6.07, 6.45) is 0.264. The molecule has 108 valence electrons. The zero-order valence-corrected chi connectivity index (χ0v) is 12.6. The number of halogens is 1. The van der Waals surface area contributed by atoms with E-state index in [9.17, 15) is 9.59 Å². The Balaban J connectivity index is 2.16. The zero-order chi connectivity index (χ0) is 14.7. The minimum atomic E-state index is -0.265. The predicted molar refractivity (Wildman–Crippen MR) is 79.8 cm³/mol. The van der Waals surface area contributed by atoms with Gasteiger partial charge in [-0.25, -0.2) is 0 Å². The molecule has 2 rings (SSSR count). The Morgan fingerprint density at radius 2 is 2.00 bits per heavy atom. The molecule has 0 spiro atoms. The molecule has 1 aliphatic heterocycles. The van der Waals surface area contributed by atoms with E-state index in [0.717, 1.165) is 0 Å². The molecule has 1 heterocycles. The second kappa shape index (κ2) is 6.27. The van der Waals surface area contributed by atoms with Crippen molar-refractivity contribution in [3.05, 3.63) is 29.3 Å². The van der Waals surface area contributed by atoms with Gasteiger partial charge in [-0.1, -0.05) is 23.7 Å². The first-order valence-electron chi connectivity index (χ1n) is 6.92. The topological polar surface area (TPSA) is 40.6 Å². The zero-order valence-electron chi connectivity index (χ0n) is 11.8. The highest BCUT2D eigenvalue weighted by atomic mass is 35.5. The van der Waals surface area contributed by atoms with Crippen LogP contribution in [0.4, 0.5) is 5.69 Å². The molecule has 0 bridgehead atoms. The Morgan fingerprint density at radius 1 is 1.35 bits per heavy atom. The van der Waals surface area contributed by atoms with Gasteiger partial charge in [0.25, 0.3) is 0 Å². The SMILES string of the molecule is CCN(CC)C(=O)C1CC(=O)N(c2ccccc2Cl)C1. The summed E-state index contributed by atoms with van der Waals surface area (Å²) in [6.45, 7) is 5.66. The van der Waals surface area contributed by atoms with Crippen molar-refractivity contribution in [2.75, 3.05) is 24.5 Å². The average Bonchev–Trinajstić information content (AvgIpc) is 2.82. The molecule has 0 N–H and O–H groups in total. The summed E-state index contributed by atoms with van der Waals surface area (Å²) >= 11 is 6.12. The maximum Gasteiger partial charge on any atom is 0.227 e. The number of rotatable bonds is 4. The largest absolute Gasteiger partial charge is 0.343 e. The van der Waals surface area contributed by atoms with Crippen LogP contribution in [-0.2, 0) is 9.59 Å². The molecule has 0 radical (unpaired) electrons. The normalized spacial score (nSPS) is 18.4. The first-order chi connectivity index (χ1) is 9.58. The van der Waals surface area contributed by atoms with E-state index in [2.05, 4.69) is 0 Å². The van der Waals surface area contributed by atoms with E-state index >= 15 is 0 Å². The maximum atomic E-state index is 12.3. The van der Waals surface area contributed by atoms with E-state index < -0.39 is 0 Å². The van der Waals surface area contributed by atoms with E-state index in [1.807, 2.05) is 32.0 Å². The number of anilines is 1. The van der Waals surface area contributed by atoms with Gasteiger partial charge in [-0.05, 0) is 26.0 Å². The van der Waals surface area contributed by atoms with Gasteiger partial charge >= 0.3 is 0 Å². The molecule has 1 atom stereocenters. The van der Waals surface area contributed by atoms with Crippen LogP contribution in [0, 0.1) is 5.92 Å². The molecule has 0 saturated carbocycles. The molecule has 1 fully saturated rings. The molecule has 1 aromatic rings. The van der Waals surface area contributed by atoms with Crippen molar-refractivity contribution in [1.82, 2.24) is 4.90 Å². The fraction of sp³-hybridized carbons (Fsp3) is 0.467. The molecule has 0 aliphatic carbocycles. The molecule has 5 heteroatoms. The highest BCUT2D eigenvalue weighted by molar-refractivity contribution is 6.33. The molecule has 1 saturated heterocycles. The van der Waals surface area contributed by atoms with Crippen molar-refractivity contribution in [3.63, 3.8) is 0 Å².